The van der Waals surface area contributed by atoms with Gasteiger partial charge >= 0.3 is 5.97 Å². The van der Waals surface area contributed by atoms with Crippen molar-refractivity contribution in [2.45, 2.75) is 38.1 Å². The van der Waals surface area contributed by atoms with Crippen LogP contribution in [0.4, 0.5) is 4.39 Å². The van der Waals surface area contributed by atoms with Crippen LogP contribution in [0.2, 0.25) is 0 Å². The van der Waals surface area contributed by atoms with E-state index in [1.807, 2.05) is 11.8 Å². The van der Waals surface area contributed by atoms with Gasteiger partial charge in [-0.1, -0.05) is 13.3 Å². The third kappa shape index (κ3) is 2.47. The SMILES string of the molecule is CCC(C(=O)O)(c1ccc(F)cn1)N1CCCCC1. The molecule has 1 aliphatic rings. The van der Waals surface area contributed by atoms with Gasteiger partial charge in [-0.3, -0.25) is 9.88 Å². The highest BCUT2D eigenvalue weighted by Gasteiger charge is 2.45. The summed E-state index contributed by atoms with van der Waals surface area (Å²) in [7, 11) is 0. The minimum Gasteiger partial charge on any atom is -0.480 e. The fraction of sp³-hybridized carbons (Fsp3) is 0.571. The zero-order valence-electron chi connectivity index (χ0n) is 11.1. The zero-order valence-corrected chi connectivity index (χ0v) is 11.1. The minimum atomic E-state index is -1.13. The number of carboxylic acids is 1. The van der Waals surface area contributed by atoms with Crippen LogP contribution in [-0.4, -0.2) is 34.0 Å². The van der Waals surface area contributed by atoms with E-state index in [4.69, 9.17) is 0 Å². The Balaban J connectivity index is 2.43. The van der Waals surface area contributed by atoms with Gasteiger partial charge in [0.15, 0.2) is 5.54 Å². The molecule has 0 spiro atoms. The number of halogens is 1. The number of carboxylic acid groups (broad SMARTS) is 1. The topological polar surface area (TPSA) is 53.4 Å². The zero-order chi connectivity index (χ0) is 13.9. The lowest BCUT2D eigenvalue weighted by Gasteiger charge is -2.41. The molecular weight excluding hydrogens is 247 g/mol. The van der Waals surface area contributed by atoms with Crippen molar-refractivity contribution in [2.75, 3.05) is 13.1 Å². The monoisotopic (exact) mass is 266 g/mol. The van der Waals surface area contributed by atoms with E-state index in [-0.39, 0.29) is 0 Å². The molecule has 0 saturated carbocycles. The Hall–Kier alpha value is -1.49. The second kappa shape index (κ2) is 5.65. The number of aliphatic carboxylic acids is 1. The first kappa shape index (κ1) is 13.9. The Bertz CT molecular complexity index is 443. The number of hydrogen-bond donors (Lipinski definition) is 1. The molecule has 2 rings (SSSR count). The van der Waals surface area contributed by atoms with E-state index in [0.29, 0.717) is 12.1 Å². The van der Waals surface area contributed by atoms with Crippen LogP contribution < -0.4 is 0 Å². The largest absolute Gasteiger partial charge is 0.480 e. The molecule has 2 heterocycles. The molecule has 0 aromatic carbocycles. The predicted octanol–water partition coefficient (Wildman–Crippen LogP) is 2.40. The van der Waals surface area contributed by atoms with Gasteiger partial charge in [-0.2, -0.15) is 0 Å². The van der Waals surface area contributed by atoms with Crippen LogP contribution in [0.25, 0.3) is 0 Å². The van der Waals surface area contributed by atoms with E-state index >= 15 is 0 Å². The molecule has 0 amide bonds. The molecule has 1 atom stereocenters. The predicted molar refractivity (Wildman–Crippen MR) is 69.2 cm³/mol. The van der Waals surface area contributed by atoms with Gasteiger partial charge in [-0.25, -0.2) is 9.18 Å². The van der Waals surface area contributed by atoms with Gasteiger partial charge in [0, 0.05) is 0 Å². The standard InChI is InChI=1S/C14H19FN2O2/c1-2-14(13(18)19,17-8-4-3-5-9-17)12-7-6-11(15)10-16-12/h6-7,10H,2-5,8-9H2,1H3,(H,18,19). The number of hydrogen-bond acceptors (Lipinski definition) is 3. The van der Waals surface area contributed by atoms with Gasteiger partial charge in [0.25, 0.3) is 0 Å². The summed E-state index contributed by atoms with van der Waals surface area (Å²) < 4.78 is 13.0. The van der Waals surface area contributed by atoms with Crippen molar-refractivity contribution in [3.8, 4) is 0 Å². The third-order valence-electron chi connectivity index (χ3n) is 3.91. The van der Waals surface area contributed by atoms with Crippen molar-refractivity contribution in [3.63, 3.8) is 0 Å². The highest BCUT2D eigenvalue weighted by Crippen LogP contribution is 2.33. The van der Waals surface area contributed by atoms with Crippen LogP contribution in [0.5, 0.6) is 0 Å². The molecule has 1 unspecified atom stereocenters. The number of aromatic nitrogens is 1. The summed E-state index contributed by atoms with van der Waals surface area (Å²) in [5.41, 5.74) is -0.709. The molecule has 1 aromatic heterocycles. The summed E-state index contributed by atoms with van der Waals surface area (Å²) >= 11 is 0. The van der Waals surface area contributed by atoms with E-state index in [2.05, 4.69) is 4.98 Å². The molecule has 1 fully saturated rings. The van der Waals surface area contributed by atoms with Crippen molar-refractivity contribution in [1.29, 1.82) is 0 Å². The average molecular weight is 266 g/mol. The minimum absolute atomic E-state index is 0.418. The normalized spacial score (nSPS) is 19.9. The lowest BCUT2D eigenvalue weighted by Crippen LogP contribution is -2.54. The number of carbonyl (C=O) groups is 1. The Morgan fingerprint density at radius 1 is 1.42 bits per heavy atom. The van der Waals surface area contributed by atoms with Crippen molar-refractivity contribution >= 4 is 5.97 Å². The van der Waals surface area contributed by atoms with Crippen LogP contribution in [0.15, 0.2) is 18.3 Å². The van der Waals surface area contributed by atoms with Gasteiger partial charge in [0.05, 0.1) is 11.9 Å². The van der Waals surface area contributed by atoms with Gasteiger partial charge in [0.2, 0.25) is 0 Å². The first-order valence-electron chi connectivity index (χ1n) is 6.71. The molecule has 1 saturated heterocycles. The summed E-state index contributed by atoms with van der Waals surface area (Å²) in [5.74, 6) is -1.35. The maximum absolute atomic E-state index is 13.0. The third-order valence-corrected chi connectivity index (χ3v) is 3.91. The highest BCUT2D eigenvalue weighted by molar-refractivity contribution is 5.80. The molecule has 1 aliphatic heterocycles. The molecule has 5 heteroatoms. The molecule has 1 N–H and O–H groups in total. The van der Waals surface area contributed by atoms with Gasteiger partial charge < -0.3 is 5.11 Å². The molecule has 104 valence electrons. The fourth-order valence-electron chi connectivity index (χ4n) is 2.86. The Morgan fingerprint density at radius 3 is 2.58 bits per heavy atom. The van der Waals surface area contributed by atoms with E-state index in [1.165, 1.54) is 12.1 Å². The Morgan fingerprint density at radius 2 is 2.11 bits per heavy atom. The summed E-state index contributed by atoms with van der Waals surface area (Å²) in [6, 6.07) is 2.77. The molecule has 19 heavy (non-hydrogen) atoms. The van der Waals surface area contributed by atoms with Crippen LogP contribution in [0, 0.1) is 5.82 Å². The lowest BCUT2D eigenvalue weighted by atomic mass is 9.87. The summed E-state index contributed by atoms with van der Waals surface area (Å²) in [6.45, 7) is 3.34. The van der Waals surface area contributed by atoms with Crippen molar-refractivity contribution in [3.05, 3.63) is 29.8 Å². The van der Waals surface area contributed by atoms with E-state index in [9.17, 15) is 14.3 Å². The molecule has 0 aliphatic carbocycles. The van der Waals surface area contributed by atoms with Gasteiger partial charge in [-0.05, 0) is 44.5 Å². The van der Waals surface area contributed by atoms with Crippen LogP contribution in [0.3, 0.4) is 0 Å². The number of pyridine rings is 1. The van der Waals surface area contributed by atoms with Gasteiger partial charge in [-0.15, -0.1) is 0 Å². The average Bonchev–Trinajstić information content (AvgIpc) is 2.43. The number of piperidine rings is 1. The van der Waals surface area contributed by atoms with E-state index in [1.54, 1.807) is 0 Å². The first-order chi connectivity index (χ1) is 9.11. The molecule has 1 aromatic rings. The Labute approximate surface area is 112 Å². The smallest absolute Gasteiger partial charge is 0.330 e. The Kier molecular flexibility index (Phi) is 4.14. The summed E-state index contributed by atoms with van der Waals surface area (Å²) in [5, 5.41) is 9.72. The van der Waals surface area contributed by atoms with Crippen molar-refractivity contribution in [2.24, 2.45) is 0 Å². The number of likely N-dealkylation sites (tertiary alicyclic amines) is 1. The maximum atomic E-state index is 13.0. The molecule has 0 bridgehead atoms. The highest BCUT2D eigenvalue weighted by atomic mass is 19.1. The summed E-state index contributed by atoms with van der Waals surface area (Å²) in [4.78, 5) is 17.9. The molecular formula is C14H19FN2O2. The number of rotatable bonds is 4. The summed E-state index contributed by atoms with van der Waals surface area (Å²) in [6.07, 6.45) is 4.63. The lowest BCUT2D eigenvalue weighted by molar-refractivity contribution is -0.154. The maximum Gasteiger partial charge on any atom is 0.330 e. The second-order valence-electron chi connectivity index (χ2n) is 4.93. The molecule has 0 radical (unpaired) electrons. The van der Waals surface area contributed by atoms with E-state index in [0.717, 1.165) is 38.5 Å². The van der Waals surface area contributed by atoms with Crippen LogP contribution in [0.1, 0.15) is 38.3 Å². The van der Waals surface area contributed by atoms with E-state index < -0.39 is 17.3 Å². The fourth-order valence-corrected chi connectivity index (χ4v) is 2.86. The van der Waals surface area contributed by atoms with Crippen molar-refractivity contribution < 1.29 is 14.3 Å². The van der Waals surface area contributed by atoms with Crippen molar-refractivity contribution in [1.82, 2.24) is 9.88 Å². The second-order valence-corrected chi connectivity index (χ2v) is 4.93. The number of nitrogens with zero attached hydrogens (tertiary/aromatic N) is 2. The molecule has 4 nitrogen and oxygen atoms in total. The quantitative estimate of drug-likeness (QED) is 0.909. The van der Waals surface area contributed by atoms with Gasteiger partial charge in [0.1, 0.15) is 5.82 Å². The first-order valence-corrected chi connectivity index (χ1v) is 6.71. The van der Waals surface area contributed by atoms with Crippen LogP contribution in [-0.2, 0) is 10.3 Å². The van der Waals surface area contributed by atoms with Crippen LogP contribution >= 0.6 is 0 Å².